The van der Waals surface area contributed by atoms with Crippen LogP contribution in [0.3, 0.4) is 0 Å². The fraction of sp³-hybridized carbons (Fsp3) is 0.167. The Morgan fingerprint density at radius 1 is 1.20 bits per heavy atom. The van der Waals surface area contributed by atoms with Crippen molar-refractivity contribution in [1.82, 2.24) is 9.38 Å². The quantitative estimate of drug-likeness (QED) is 0.545. The normalized spacial score (nSPS) is 14.9. The summed E-state index contributed by atoms with van der Waals surface area (Å²) in [6.07, 6.45) is 4.81. The summed E-state index contributed by atoms with van der Waals surface area (Å²) in [6.45, 7) is 2.00. The molecule has 2 aromatic heterocycles. The summed E-state index contributed by atoms with van der Waals surface area (Å²) in [5.74, 6) is 1.14. The maximum atomic E-state index is 12.8. The van der Waals surface area contributed by atoms with Crippen molar-refractivity contribution in [2.75, 3.05) is 12.4 Å². The zero-order chi connectivity index (χ0) is 20.7. The molecule has 0 bridgehead atoms. The molecule has 0 unspecified atom stereocenters. The number of methoxy groups -OCH3 is 1. The Labute approximate surface area is 174 Å². The molecule has 0 saturated carbocycles. The van der Waals surface area contributed by atoms with E-state index in [1.54, 1.807) is 13.2 Å². The summed E-state index contributed by atoms with van der Waals surface area (Å²) in [5, 5.41) is 2.96. The number of hydrogen-bond donors (Lipinski definition) is 1. The lowest BCUT2D eigenvalue weighted by Crippen LogP contribution is -2.12. The first-order valence-electron chi connectivity index (χ1n) is 9.84. The highest BCUT2D eigenvalue weighted by molar-refractivity contribution is 6.05. The molecule has 3 heterocycles. The summed E-state index contributed by atoms with van der Waals surface area (Å²) < 4.78 is 13.2. The lowest BCUT2D eigenvalue weighted by molar-refractivity contribution is 0.102. The summed E-state index contributed by atoms with van der Waals surface area (Å²) in [7, 11) is 1.59. The van der Waals surface area contributed by atoms with Gasteiger partial charge in [0.1, 0.15) is 11.8 Å². The largest absolute Gasteiger partial charge is 0.493 e. The molecule has 1 amide bonds. The van der Waals surface area contributed by atoms with Crippen LogP contribution in [-0.4, -0.2) is 28.5 Å². The molecule has 6 nitrogen and oxygen atoms in total. The summed E-state index contributed by atoms with van der Waals surface area (Å²) >= 11 is 0. The number of imidazole rings is 1. The molecule has 4 aromatic rings. The van der Waals surface area contributed by atoms with Crippen LogP contribution in [0, 0.1) is 0 Å². The number of nitrogens with one attached hydrogen (secondary N) is 1. The zero-order valence-corrected chi connectivity index (χ0v) is 16.8. The average Bonchev–Trinajstić information content (AvgIpc) is 3.36. The Morgan fingerprint density at radius 3 is 2.80 bits per heavy atom. The first-order valence-corrected chi connectivity index (χ1v) is 9.84. The Hall–Kier alpha value is -3.80. The Balaban J connectivity index is 1.36. The number of nitrogens with zero attached hydrogens (tertiary/aromatic N) is 2. The molecule has 150 valence electrons. The highest BCUT2D eigenvalue weighted by Crippen LogP contribution is 2.39. The van der Waals surface area contributed by atoms with Crippen LogP contribution in [0.15, 0.2) is 67.0 Å². The Morgan fingerprint density at radius 2 is 2.03 bits per heavy atom. The number of carbonyl (C=O) groups excluding carboxylic acids is 1. The van der Waals surface area contributed by atoms with Crippen molar-refractivity contribution in [3.63, 3.8) is 0 Å². The van der Waals surface area contributed by atoms with E-state index in [0.717, 1.165) is 40.3 Å². The molecule has 0 fully saturated rings. The van der Waals surface area contributed by atoms with E-state index >= 15 is 0 Å². The number of fused-ring (bicyclic) bond motifs is 2. The number of rotatable bonds is 4. The van der Waals surface area contributed by atoms with Crippen molar-refractivity contribution < 1.29 is 14.3 Å². The third kappa shape index (κ3) is 3.26. The summed E-state index contributed by atoms with van der Waals surface area (Å²) in [5.41, 5.74) is 5.03. The van der Waals surface area contributed by atoms with Crippen molar-refractivity contribution in [2.24, 2.45) is 0 Å². The van der Waals surface area contributed by atoms with Crippen LogP contribution in [0.25, 0.3) is 16.9 Å². The van der Waals surface area contributed by atoms with Gasteiger partial charge in [0.25, 0.3) is 5.91 Å². The number of carbonyl (C=O) groups is 1. The third-order valence-corrected chi connectivity index (χ3v) is 5.24. The van der Waals surface area contributed by atoms with Gasteiger partial charge in [-0.3, -0.25) is 4.79 Å². The van der Waals surface area contributed by atoms with E-state index in [0.29, 0.717) is 11.3 Å². The van der Waals surface area contributed by atoms with Crippen LogP contribution in [-0.2, 0) is 6.42 Å². The second-order valence-electron chi connectivity index (χ2n) is 7.42. The minimum absolute atomic E-state index is 0.0827. The van der Waals surface area contributed by atoms with Gasteiger partial charge in [-0.15, -0.1) is 0 Å². The SMILES string of the molecule is COc1cc(C(=O)Nc2ccc(-c3cn4ccccc4n3)cc2)cc2c1O[C@H](C)C2. The Bertz CT molecular complexity index is 1210. The highest BCUT2D eigenvalue weighted by atomic mass is 16.5. The van der Waals surface area contributed by atoms with Crippen LogP contribution in [0.2, 0.25) is 0 Å². The molecule has 0 radical (unpaired) electrons. The van der Waals surface area contributed by atoms with Crippen LogP contribution in [0.4, 0.5) is 5.69 Å². The molecule has 1 atom stereocenters. The first-order chi connectivity index (χ1) is 14.6. The molecular weight excluding hydrogens is 378 g/mol. The fourth-order valence-electron chi connectivity index (χ4n) is 3.78. The molecule has 2 aromatic carbocycles. The fourth-order valence-corrected chi connectivity index (χ4v) is 3.78. The number of pyridine rings is 1. The lowest BCUT2D eigenvalue weighted by atomic mass is 10.1. The monoisotopic (exact) mass is 399 g/mol. The van der Waals surface area contributed by atoms with Gasteiger partial charge in [-0.1, -0.05) is 18.2 Å². The predicted molar refractivity (Wildman–Crippen MR) is 115 cm³/mol. The molecule has 6 heteroatoms. The zero-order valence-electron chi connectivity index (χ0n) is 16.8. The van der Waals surface area contributed by atoms with Crippen LogP contribution in [0.1, 0.15) is 22.8 Å². The van der Waals surface area contributed by atoms with Gasteiger partial charge in [-0.25, -0.2) is 4.98 Å². The Kier molecular flexibility index (Phi) is 4.39. The maximum absolute atomic E-state index is 12.8. The van der Waals surface area contributed by atoms with E-state index in [4.69, 9.17) is 9.47 Å². The molecule has 1 N–H and O–H groups in total. The third-order valence-electron chi connectivity index (χ3n) is 5.24. The lowest BCUT2D eigenvalue weighted by Gasteiger charge is -2.11. The van der Waals surface area contributed by atoms with Crippen LogP contribution in [0.5, 0.6) is 11.5 Å². The standard InChI is InChI=1S/C24H21N3O3/c1-15-11-17-12-18(13-21(29-2)23(17)30-15)24(28)25-19-8-6-16(7-9-19)20-14-27-10-4-3-5-22(27)26-20/h3-10,12-15H,11H2,1-2H3,(H,25,28)/t15-/m1/s1. The van der Waals surface area contributed by atoms with E-state index in [-0.39, 0.29) is 12.0 Å². The van der Waals surface area contributed by atoms with E-state index < -0.39 is 0 Å². The second kappa shape index (κ2) is 7.22. The number of anilines is 1. The van der Waals surface area contributed by atoms with E-state index in [9.17, 15) is 4.79 Å². The smallest absolute Gasteiger partial charge is 0.255 e. The van der Waals surface area contributed by atoms with Gasteiger partial charge in [0.2, 0.25) is 0 Å². The number of amides is 1. The topological polar surface area (TPSA) is 64.9 Å². The minimum atomic E-state index is -0.184. The first kappa shape index (κ1) is 18.2. The molecule has 5 rings (SSSR count). The molecule has 1 aliphatic heterocycles. The molecule has 0 saturated heterocycles. The van der Waals surface area contributed by atoms with Crippen molar-refractivity contribution >= 4 is 17.2 Å². The molecular formula is C24H21N3O3. The van der Waals surface area contributed by atoms with Crippen molar-refractivity contribution in [3.05, 3.63) is 78.1 Å². The van der Waals surface area contributed by atoms with Gasteiger partial charge >= 0.3 is 0 Å². The van der Waals surface area contributed by atoms with E-state index in [1.165, 1.54) is 0 Å². The summed E-state index contributed by atoms with van der Waals surface area (Å²) in [6, 6.07) is 17.2. The number of aromatic nitrogens is 2. The molecule has 1 aliphatic rings. The number of ether oxygens (including phenoxy) is 2. The van der Waals surface area contributed by atoms with Crippen molar-refractivity contribution in [1.29, 1.82) is 0 Å². The molecule has 0 aliphatic carbocycles. The predicted octanol–water partition coefficient (Wildman–Crippen LogP) is 4.59. The van der Waals surface area contributed by atoms with E-state index in [1.807, 2.05) is 72.2 Å². The van der Waals surface area contributed by atoms with Gasteiger partial charge in [0.05, 0.1) is 12.8 Å². The highest BCUT2D eigenvalue weighted by Gasteiger charge is 2.25. The van der Waals surface area contributed by atoms with Gasteiger partial charge in [0.15, 0.2) is 11.5 Å². The number of benzene rings is 2. The van der Waals surface area contributed by atoms with Crippen molar-refractivity contribution in [2.45, 2.75) is 19.4 Å². The second-order valence-corrected chi connectivity index (χ2v) is 7.42. The van der Waals surface area contributed by atoms with Gasteiger partial charge < -0.3 is 19.2 Å². The van der Waals surface area contributed by atoms with E-state index in [2.05, 4.69) is 10.3 Å². The molecule has 0 spiro atoms. The maximum Gasteiger partial charge on any atom is 0.255 e. The minimum Gasteiger partial charge on any atom is -0.493 e. The average molecular weight is 399 g/mol. The number of hydrogen-bond acceptors (Lipinski definition) is 4. The van der Waals surface area contributed by atoms with Crippen LogP contribution < -0.4 is 14.8 Å². The van der Waals surface area contributed by atoms with Crippen molar-refractivity contribution in [3.8, 4) is 22.8 Å². The molecule has 30 heavy (non-hydrogen) atoms. The van der Waals surface area contributed by atoms with Crippen LogP contribution >= 0.6 is 0 Å². The van der Waals surface area contributed by atoms with Gasteiger partial charge in [0, 0.05) is 41.2 Å². The van der Waals surface area contributed by atoms with Gasteiger partial charge in [-0.2, -0.15) is 0 Å². The van der Waals surface area contributed by atoms with Gasteiger partial charge in [-0.05, 0) is 43.3 Å². The summed E-state index contributed by atoms with van der Waals surface area (Å²) in [4.78, 5) is 17.4.